The monoisotopic (exact) mass is 322 g/mol. The molecule has 1 fully saturated rings. The maximum atomic E-state index is 12.2. The third-order valence-corrected chi connectivity index (χ3v) is 4.84. The number of benzene rings is 1. The molecule has 1 N–H and O–H groups in total. The van der Waals surface area contributed by atoms with E-state index in [0.717, 1.165) is 29.5 Å². The zero-order valence-electron chi connectivity index (χ0n) is 12.5. The van der Waals surface area contributed by atoms with Crippen LogP contribution in [-0.4, -0.2) is 40.0 Å². The van der Waals surface area contributed by atoms with Crippen molar-refractivity contribution in [3.05, 3.63) is 33.8 Å². The highest BCUT2D eigenvalue weighted by Gasteiger charge is 2.34. The molecular weight excluding hydrogens is 304 g/mol. The largest absolute Gasteiger partial charge is 0.465 e. The molecule has 0 unspecified atom stereocenters. The molecule has 1 aromatic rings. The summed E-state index contributed by atoms with van der Waals surface area (Å²) in [5, 5.41) is 9.98. The van der Waals surface area contributed by atoms with Crippen LogP contribution in [0.2, 0.25) is 5.02 Å². The molecule has 3 rings (SSSR count). The van der Waals surface area contributed by atoms with Crippen LogP contribution in [0.1, 0.15) is 42.5 Å². The third kappa shape index (κ3) is 2.54. The van der Waals surface area contributed by atoms with Gasteiger partial charge < -0.3 is 14.9 Å². The van der Waals surface area contributed by atoms with Crippen LogP contribution in [0.25, 0.3) is 0 Å². The number of amides is 2. The highest BCUT2D eigenvalue weighted by molar-refractivity contribution is 6.30. The normalized spacial score (nSPS) is 21.2. The van der Waals surface area contributed by atoms with Gasteiger partial charge >= 0.3 is 6.09 Å². The van der Waals surface area contributed by atoms with Gasteiger partial charge in [0.25, 0.3) is 0 Å². The van der Waals surface area contributed by atoms with Crippen LogP contribution < -0.4 is 0 Å². The van der Waals surface area contributed by atoms with Gasteiger partial charge in [0.2, 0.25) is 5.91 Å². The van der Waals surface area contributed by atoms with Crippen molar-refractivity contribution < 1.29 is 14.7 Å². The number of likely N-dealkylation sites (tertiary alicyclic amines) is 1. The summed E-state index contributed by atoms with van der Waals surface area (Å²) in [5.74, 6) is 0.0958. The molecule has 0 saturated carbocycles. The first-order chi connectivity index (χ1) is 10.5. The molecule has 5 nitrogen and oxygen atoms in total. The number of carbonyl (C=O) groups is 2. The zero-order valence-corrected chi connectivity index (χ0v) is 13.3. The fraction of sp³-hybridized carbons (Fsp3) is 0.500. The van der Waals surface area contributed by atoms with Gasteiger partial charge in [-0.3, -0.25) is 4.79 Å². The number of hydrogen-bond donors (Lipinski definition) is 1. The molecule has 1 aromatic carbocycles. The topological polar surface area (TPSA) is 60.9 Å². The second-order valence-electron chi connectivity index (χ2n) is 5.85. The van der Waals surface area contributed by atoms with Crippen LogP contribution in [0, 0.1) is 0 Å². The molecule has 0 radical (unpaired) electrons. The van der Waals surface area contributed by atoms with E-state index in [9.17, 15) is 14.7 Å². The van der Waals surface area contributed by atoms with Gasteiger partial charge in [-0.25, -0.2) is 4.79 Å². The quantitative estimate of drug-likeness (QED) is 0.910. The van der Waals surface area contributed by atoms with Crippen LogP contribution in [-0.2, 0) is 17.8 Å². The van der Waals surface area contributed by atoms with E-state index in [1.807, 2.05) is 19.1 Å². The van der Waals surface area contributed by atoms with Crippen molar-refractivity contribution in [2.75, 3.05) is 13.1 Å². The van der Waals surface area contributed by atoms with Crippen LogP contribution in [0.4, 0.5) is 4.79 Å². The van der Waals surface area contributed by atoms with Gasteiger partial charge in [0.1, 0.15) is 0 Å². The third-order valence-electron chi connectivity index (χ3n) is 4.62. The summed E-state index contributed by atoms with van der Waals surface area (Å²) in [6.07, 6.45) is 1.05. The maximum absolute atomic E-state index is 12.2. The lowest BCUT2D eigenvalue weighted by atomic mass is 9.89. The van der Waals surface area contributed by atoms with Crippen LogP contribution >= 0.6 is 11.6 Å². The summed E-state index contributed by atoms with van der Waals surface area (Å²) in [7, 11) is 0. The Bertz CT molecular complexity index is 632. The fourth-order valence-electron chi connectivity index (χ4n) is 3.53. The number of halogens is 1. The molecule has 2 aliphatic rings. The summed E-state index contributed by atoms with van der Waals surface area (Å²) in [4.78, 5) is 26.9. The number of carboxylic acid groups (broad SMARTS) is 1. The van der Waals surface area contributed by atoms with Gasteiger partial charge in [0.05, 0.1) is 12.5 Å². The minimum Gasteiger partial charge on any atom is -0.465 e. The van der Waals surface area contributed by atoms with Crippen LogP contribution in [0.3, 0.4) is 0 Å². The van der Waals surface area contributed by atoms with Crippen molar-refractivity contribution >= 4 is 23.6 Å². The van der Waals surface area contributed by atoms with E-state index in [2.05, 4.69) is 0 Å². The summed E-state index contributed by atoms with van der Waals surface area (Å²) in [6, 6.07) is 3.54. The summed E-state index contributed by atoms with van der Waals surface area (Å²) >= 11 is 6.25. The standard InChI is InChI=1S/C16H19ClN2O3/c1-2-18-9-10-6-11(17)7-13(12(10)8-15(18)20)14-4-3-5-19(14)16(21)22/h6-7,14H,2-5,8-9H2,1H3,(H,21,22)/t14-/m0/s1. The Kier molecular flexibility index (Phi) is 4.00. The lowest BCUT2D eigenvalue weighted by molar-refractivity contribution is -0.131. The van der Waals surface area contributed by atoms with E-state index in [1.54, 1.807) is 4.90 Å². The molecule has 22 heavy (non-hydrogen) atoms. The summed E-state index contributed by atoms with van der Waals surface area (Å²) in [6.45, 7) is 3.72. The molecule has 2 heterocycles. The second kappa shape index (κ2) is 5.80. The van der Waals surface area contributed by atoms with Crippen molar-refractivity contribution in [1.82, 2.24) is 9.80 Å². The van der Waals surface area contributed by atoms with Crippen LogP contribution in [0.15, 0.2) is 12.1 Å². The Hall–Kier alpha value is -1.75. The Balaban J connectivity index is 2.04. The van der Waals surface area contributed by atoms with Crippen LogP contribution in [0.5, 0.6) is 0 Å². The van der Waals surface area contributed by atoms with Gasteiger partial charge in [-0.1, -0.05) is 11.6 Å². The predicted octanol–water partition coefficient (Wildman–Crippen LogP) is 3.06. The van der Waals surface area contributed by atoms with E-state index in [-0.39, 0.29) is 11.9 Å². The van der Waals surface area contributed by atoms with Gasteiger partial charge in [-0.05, 0) is 48.6 Å². The Morgan fingerprint density at radius 1 is 1.45 bits per heavy atom. The average Bonchev–Trinajstić information content (AvgIpc) is 2.95. The molecule has 1 atom stereocenters. The van der Waals surface area contributed by atoms with Crippen molar-refractivity contribution in [3.63, 3.8) is 0 Å². The van der Waals surface area contributed by atoms with Crippen molar-refractivity contribution in [1.29, 1.82) is 0 Å². The van der Waals surface area contributed by atoms with Crippen molar-refractivity contribution in [2.45, 2.75) is 38.8 Å². The van der Waals surface area contributed by atoms with Crippen molar-refractivity contribution in [3.8, 4) is 0 Å². The smallest absolute Gasteiger partial charge is 0.407 e. The van der Waals surface area contributed by atoms with E-state index in [0.29, 0.717) is 31.1 Å². The maximum Gasteiger partial charge on any atom is 0.407 e. The Morgan fingerprint density at radius 3 is 2.91 bits per heavy atom. The lowest BCUT2D eigenvalue weighted by Crippen LogP contribution is -2.37. The molecule has 6 heteroatoms. The van der Waals surface area contributed by atoms with Crippen molar-refractivity contribution in [2.24, 2.45) is 0 Å². The first-order valence-corrected chi connectivity index (χ1v) is 7.97. The SMILES string of the molecule is CCN1Cc2cc(Cl)cc([C@@H]3CCCN3C(=O)O)c2CC1=O. The molecule has 2 aliphatic heterocycles. The minimum atomic E-state index is -0.909. The molecule has 2 amide bonds. The molecule has 0 aliphatic carbocycles. The minimum absolute atomic E-state index is 0.0958. The number of hydrogen-bond acceptors (Lipinski definition) is 2. The number of fused-ring (bicyclic) bond motifs is 1. The zero-order chi connectivity index (χ0) is 15.9. The molecule has 118 valence electrons. The Morgan fingerprint density at radius 2 is 2.23 bits per heavy atom. The van der Waals surface area contributed by atoms with Gasteiger partial charge in [0.15, 0.2) is 0 Å². The predicted molar refractivity (Wildman–Crippen MR) is 83.0 cm³/mol. The molecule has 0 spiro atoms. The first-order valence-electron chi connectivity index (χ1n) is 7.59. The van der Waals surface area contributed by atoms with E-state index >= 15 is 0 Å². The van der Waals surface area contributed by atoms with E-state index in [4.69, 9.17) is 11.6 Å². The molecular formula is C16H19ClN2O3. The highest BCUT2D eigenvalue weighted by atomic mass is 35.5. The van der Waals surface area contributed by atoms with Gasteiger partial charge in [0, 0.05) is 24.7 Å². The lowest BCUT2D eigenvalue weighted by Gasteiger charge is -2.32. The summed E-state index contributed by atoms with van der Waals surface area (Å²) < 4.78 is 0. The number of nitrogens with zero attached hydrogens (tertiary/aromatic N) is 2. The highest BCUT2D eigenvalue weighted by Crippen LogP contribution is 2.38. The molecule has 0 aromatic heterocycles. The Labute approximate surface area is 134 Å². The molecule has 1 saturated heterocycles. The number of rotatable bonds is 2. The van der Waals surface area contributed by atoms with Gasteiger partial charge in [-0.2, -0.15) is 0 Å². The average molecular weight is 323 g/mol. The fourth-order valence-corrected chi connectivity index (χ4v) is 3.78. The summed E-state index contributed by atoms with van der Waals surface area (Å²) in [5.41, 5.74) is 2.92. The second-order valence-corrected chi connectivity index (χ2v) is 6.29. The van der Waals surface area contributed by atoms with Gasteiger partial charge in [-0.15, -0.1) is 0 Å². The number of likely N-dealkylation sites (N-methyl/N-ethyl adjacent to an activating group) is 1. The number of carbonyl (C=O) groups excluding carboxylic acids is 1. The molecule has 0 bridgehead atoms. The first kappa shape index (κ1) is 15.2. The van der Waals surface area contributed by atoms with E-state index in [1.165, 1.54) is 4.90 Å². The van der Waals surface area contributed by atoms with E-state index < -0.39 is 6.09 Å².